The number of hydrogen-bond acceptors (Lipinski definition) is 1. The number of fused-ring (bicyclic) bond motifs is 1. The number of alkyl halides is 5. The van der Waals surface area contributed by atoms with Gasteiger partial charge in [0.25, 0.3) is 0 Å². The maximum Gasteiger partial charge on any atom is 0.458 e. The third-order valence-corrected chi connectivity index (χ3v) is 2.83. The Morgan fingerprint density at radius 2 is 1.76 bits per heavy atom. The van der Waals surface area contributed by atoms with Gasteiger partial charge in [0.2, 0.25) is 0 Å². The predicted molar refractivity (Wildman–Crippen MR) is 51.8 cm³/mol. The third-order valence-electron chi connectivity index (χ3n) is 2.83. The normalized spacial score (nSPS) is 16.8. The number of hydrogen-bond donors (Lipinski definition) is 1. The summed E-state index contributed by atoms with van der Waals surface area (Å²) >= 11 is 0. The van der Waals surface area contributed by atoms with Gasteiger partial charge in [-0.15, -0.1) is 0 Å². The molecule has 0 aliphatic carbocycles. The maximum absolute atomic E-state index is 13.3. The van der Waals surface area contributed by atoms with E-state index in [2.05, 4.69) is 5.32 Å². The molecule has 1 N–H and O–H groups in total. The summed E-state index contributed by atoms with van der Waals surface area (Å²) in [5, 5.41) is 2.93. The van der Waals surface area contributed by atoms with E-state index in [0.29, 0.717) is 18.7 Å². The molecule has 17 heavy (non-hydrogen) atoms. The van der Waals surface area contributed by atoms with Gasteiger partial charge in [-0.1, -0.05) is 18.2 Å². The monoisotopic (exact) mass is 251 g/mol. The van der Waals surface area contributed by atoms with Gasteiger partial charge >= 0.3 is 12.1 Å². The largest absolute Gasteiger partial charge is 0.458 e. The molecule has 94 valence electrons. The van der Waals surface area contributed by atoms with Crippen LogP contribution in [0.5, 0.6) is 0 Å². The van der Waals surface area contributed by atoms with E-state index in [9.17, 15) is 22.0 Å². The highest BCUT2D eigenvalue weighted by atomic mass is 19.4. The summed E-state index contributed by atoms with van der Waals surface area (Å²) in [6.45, 7) is 0.745. The number of benzene rings is 1. The van der Waals surface area contributed by atoms with Gasteiger partial charge in [0.15, 0.2) is 0 Å². The second-order valence-electron chi connectivity index (χ2n) is 3.94. The fourth-order valence-electron chi connectivity index (χ4n) is 1.98. The van der Waals surface area contributed by atoms with Crippen molar-refractivity contribution >= 4 is 0 Å². The van der Waals surface area contributed by atoms with E-state index in [1.807, 2.05) is 0 Å². The zero-order chi connectivity index (χ0) is 12.7. The highest BCUT2D eigenvalue weighted by molar-refractivity contribution is 5.40. The Hall–Kier alpha value is -1.17. The summed E-state index contributed by atoms with van der Waals surface area (Å²) < 4.78 is 63.6. The second kappa shape index (κ2) is 3.94. The molecule has 2 rings (SSSR count). The molecule has 1 nitrogen and oxygen atoms in total. The summed E-state index contributed by atoms with van der Waals surface area (Å²) in [4.78, 5) is 0. The van der Waals surface area contributed by atoms with Crippen LogP contribution in [0.2, 0.25) is 0 Å². The Morgan fingerprint density at radius 3 is 2.41 bits per heavy atom. The minimum Gasteiger partial charge on any atom is -0.312 e. The van der Waals surface area contributed by atoms with E-state index in [4.69, 9.17) is 0 Å². The van der Waals surface area contributed by atoms with Crippen molar-refractivity contribution in [3.63, 3.8) is 0 Å². The van der Waals surface area contributed by atoms with Crippen molar-refractivity contribution in [1.82, 2.24) is 5.32 Å². The summed E-state index contributed by atoms with van der Waals surface area (Å²) in [5.74, 6) is -4.78. The lowest BCUT2D eigenvalue weighted by atomic mass is 9.92. The molecule has 0 spiro atoms. The minimum absolute atomic E-state index is 0.119. The summed E-state index contributed by atoms with van der Waals surface area (Å²) in [6, 6.07) is 3.66. The fourth-order valence-corrected chi connectivity index (χ4v) is 1.98. The molecule has 0 saturated heterocycles. The van der Waals surface area contributed by atoms with Gasteiger partial charge in [-0.25, -0.2) is 0 Å². The Labute approximate surface area is 94.6 Å². The van der Waals surface area contributed by atoms with Crippen molar-refractivity contribution in [2.75, 3.05) is 6.54 Å². The van der Waals surface area contributed by atoms with Gasteiger partial charge in [0.05, 0.1) is 0 Å². The van der Waals surface area contributed by atoms with Crippen LogP contribution >= 0.6 is 0 Å². The van der Waals surface area contributed by atoms with E-state index >= 15 is 0 Å². The van der Waals surface area contributed by atoms with Gasteiger partial charge in [-0.2, -0.15) is 22.0 Å². The van der Waals surface area contributed by atoms with E-state index in [1.165, 1.54) is 6.07 Å². The van der Waals surface area contributed by atoms with Gasteiger partial charge in [0, 0.05) is 12.1 Å². The van der Waals surface area contributed by atoms with Crippen LogP contribution in [-0.2, 0) is 18.9 Å². The maximum atomic E-state index is 13.3. The number of halogens is 5. The smallest absolute Gasteiger partial charge is 0.312 e. The summed E-state index contributed by atoms with van der Waals surface area (Å²) in [5.41, 5.74) is -0.282. The van der Waals surface area contributed by atoms with E-state index in [0.717, 1.165) is 6.07 Å². The Morgan fingerprint density at radius 1 is 1.06 bits per heavy atom. The lowest BCUT2D eigenvalue weighted by Crippen LogP contribution is -2.36. The SMILES string of the molecule is FC(F)(F)C(F)(F)c1cccc2c1CCNC2. The lowest BCUT2D eigenvalue weighted by Gasteiger charge is -2.26. The topological polar surface area (TPSA) is 12.0 Å². The first-order valence-corrected chi connectivity index (χ1v) is 5.10. The molecule has 1 aromatic carbocycles. The molecule has 6 heteroatoms. The van der Waals surface area contributed by atoms with Crippen molar-refractivity contribution in [3.05, 3.63) is 34.9 Å². The standard InChI is InChI=1S/C11H10F5N/c12-10(13,11(14,15)16)9-3-1-2-7-6-17-5-4-8(7)9/h1-3,17H,4-6H2. The molecule has 1 aliphatic rings. The van der Waals surface area contributed by atoms with Crippen LogP contribution in [0.25, 0.3) is 0 Å². The summed E-state index contributed by atoms with van der Waals surface area (Å²) in [6.07, 6.45) is -5.36. The van der Waals surface area contributed by atoms with Crippen LogP contribution in [0, 0.1) is 0 Å². The Bertz CT molecular complexity index is 424. The second-order valence-corrected chi connectivity index (χ2v) is 3.94. The van der Waals surface area contributed by atoms with Gasteiger partial charge in [-0.05, 0) is 24.1 Å². The molecule has 1 heterocycles. The average Bonchev–Trinajstić information content (AvgIpc) is 2.26. The molecule has 0 atom stereocenters. The van der Waals surface area contributed by atoms with Crippen LogP contribution in [0.4, 0.5) is 22.0 Å². The molecular formula is C11H10F5N. The van der Waals surface area contributed by atoms with Crippen molar-refractivity contribution in [3.8, 4) is 0 Å². The average molecular weight is 251 g/mol. The molecule has 0 aromatic heterocycles. The molecule has 0 fully saturated rings. The quantitative estimate of drug-likeness (QED) is 0.756. The first-order chi connectivity index (χ1) is 7.84. The Kier molecular flexibility index (Phi) is 2.85. The van der Waals surface area contributed by atoms with Crippen molar-refractivity contribution in [2.45, 2.75) is 25.1 Å². The van der Waals surface area contributed by atoms with Gasteiger partial charge < -0.3 is 5.32 Å². The molecule has 1 aliphatic heterocycles. The predicted octanol–water partition coefficient (Wildman–Crippen LogP) is 2.99. The van der Waals surface area contributed by atoms with Crippen molar-refractivity contribution < 1.29 is 22.0 Å². The van der Waals surface area contributed by atoms with E-state index in [-0.39, 0.29) is 12.0 Å². The van der Waals surface area contributed by atoms with Gasteiger partial charge in [-0.3, -0.25) is 0 Å². The first-order valence-electron chi connectivity index (χ1n) is 5.10. The highest BCUT2D eigenvalue weighted by Crippen LogP contribution is 2.45. The first kappa shape index (κ1) is 12.3. The van der Waals surface area contributed by atoms with Crippen molar-refractivity contribution in [1.29, 1.82) is 0 Å². The van der Waals surface area contributed by atoms with E-state index < -0.39 is 17.7 Å². The summed E-state index contributed by atoms with van der Waals surface area (Å²) in [7, 11) is 0. The Balaban J connectivity index is 2.53. The van der Waals surface area contributed by atoms with E-state index in [1.54, 1.807) is 6.07 Å². The van der Waals surface area contributed by atoms with Crippen LogP contribution in [0.1, 0.15) is 16.7 Å². The molecule has 0 bridgehead atoms. The van der Waals surface area contributed by atoms with Crippen LogP contribution in [0.3, 0.4) is 0 Å². The highest BCUT2D eigenvalue weighted by Gasteiger charge is 2.59. The number of rotatable bonds is 1. The zero-order valence-electron chi connectivity index (χ0n) is 8.74. The van der Waals surface area contributed by atoms with Crippen LogP contribution in [-0.4, -0.2) is 12.7 Å². The number of nitrogens with one attached hydrogen (secondary N) is 1. The molecule has 0 unspecified atom stereocenters. The molecule has 1 aromatic rings. The fraction of sp³-hybridized carbons (Fsp3) is 0.455. The molecule has 0 radical (unpaired) electrons. The lowest BCUT2D eigenvalue weighted by molar-refractivity contribution is -0.289. The van der Waals surface area contributed by atoms with Crippen LogP contribution in [0.15, 0.2) is 18.2 Å². The van der Waals surface area contributed by atoms with Crippen LogP contribution < -0.4 is 5.32 Å². The molecule has 0 saturated carbocycles. The molecular weight excluding hydrogens is 241 g/mol. The minimum atomic E-state index is -5.55. The zero-order valence-corrected chi connectivity index (χ0v) is 8.74. The molecule has 0 amide bonds. The van der Waals surface area contributed by atoms with Crippen molar-refractivity contribution in [2.24, 2.45) is 0 Å². The van der Waals surface area contributed by atoms with Gasteiger partial charge in [0.1, 0.15) is 0 Å². The third kappa shape index (κ3) is 2.01.